The van der Waals surface area contributed by atoms with Gasteiger partial charge in [-0.1, -0.05) is 0 Å². The van der Waals surface area contributed by atoms with Crippen molar-refractivity contribution in [2.75, 3.05) is 14.2 Å². The van der Waals surface area contributed by atoms with Gasteiger partial charge in [0.05, 0.1) is 37.5 Å². The molecule has 0 spiro atoms. The fourth-order valence-electron chi connectivity index (χ4n) is 0.272. The van der Waals surface area contributed by atoms with Gasteiger partial charge in [0.1, 0.15) is 0 Å². The molecule has 0 heterocycles. The first-order valence-electron chi connectivity index (χ1n) is 2.35. The van der Waals surface area contributed by atoms with Gasteiger partial charge >= 0.3 is 11.3 Å². The highest BCUT2D eigenvalue weighted by molar-refractivity contribution is 8.92. The summed E-state index contributed by atoms with van der Waals surface area (Å²) in [7, 11) is 2.49. The van der Waals surface area contributed by atoms with Crippen molar-refractivity contribution in [3.8, 4) is 0 Å². The first-order chi connectivity index (χ1) is 5.06. The van der Waals surface area contributed by atoms with Gasteiger partial charge in [-0.25, -0.2) is 4.79 Å². The standard InChI is InChI=1S/C3H7O5PS2/c1-7-10-9(6,3(4)5)11-8-2/h1-2H3,(H,4,5). The molecule has 11 heavy (non-hydrogen) atoms. The molecule has 0 atom stereocenters. The van der Waals surface area contributed by atoms with Crippen LogP contribution in [0.2, 0.25) is 0 Å². The molecule has 0 aliphatic rings. The average molecular weight is 218 g/mol. The third kappa shape index (κ3) is 3.48. The molecular weight excluding hydrogens is 211 g/mol. The Labute approximate surface area is 72.1 Å². The highest BCUT2D eigenvalue weighted by Crippen LogP contribution is 2.69. The van der Waals surface area contributed by atoms with Crippen LogP contribution in [0.1, 0.15) is 0 Å². The lowest BCUT2D eigenvalue weighted by Gasteiger charge is -2.06. The lowest BCUT2D eigenvalue weighted by Crippen LogP contribution is -1.88. The lowest BCUT2D eigenvalue weighted by atomic mass is 11.6. The van der Waals surface area contributed by atoms with E-state index in [2.05, 4.69) is 8.37 Å². The summed E-state index contributed by atoms with van der Waals surface area (Å²) in [5.41, 5.74) is -4.91. The van der Waals surface area contributed by atoms with Crippen molar-refractivity contribution >= 4 is 34.6 Å². The Morgan fingerprint density at radius 2 is 1.73 bits per heavy atom. The van der Waals surface area contributed by atoms with Crippen LogP contribution >= 0.6 is 28.9 Å². The molecule has 0 saturated heterocycles. The number of rotatable bonds is 5. The quantitative estimate of drug-likeness (QED) is 0.561. The fraction of sp³-hybridized carbons (Fsp3) is 0.667. The zero-order valence-electron chi connectivity index (χ0n) is 5.84. The average Bonchev–Trinajstić information content (AvgIpc) is 1.88. The first kappa shape index (κ1) is 11.3. The van der Waals surface area contributed by atoms with Gasteiger partial charge in [-0.2, -0.15) is 0 Å². The summed E-state index contributed by atoms with van der Waals surface area (Å²) in [5.74, 6) is 0. The van der Waals surface area contributed by atoms with E-state index in [0.29, 0.717) is 23.3 Å². The first-order valence-corrected chi connectivity index (χ1v) is 6.75. The molecule has 0 saturated carbocycles. The van der Waals surface area contributed by atoms with Gasteiger partial charge in [-0.05, 0) is 0 Å². The molecule has 66 valence electrons. The summed E-state index contributed by atoms with van der Waals surface area (Å²) in [6.07, 6.45) is 0. The molecule has 0 fully saturated rings. The molecule has 0 unspecified atom stereocenters. The molecule has 0 aliphatic carbocycles. The van der Waals surface area contributed by atoms with E-state index in [1.807, 2.05) is 0 Å². The highest BCUT2D eigenvalue weighted by Gasteiger charge is 2.35. The van der Waals surface area contributed by atoms with E-state index in [1.54, 1.807) is 0 Å². The summed E-state index contributed by atoms with van der Waals surface area (Å²) in [5, 5.41) is 8.43. The molecule has 0 aliphatic heterocycles. The monoisotopic (exact) mass is 218 g/mol. The Balaban J connectivity index is 4.27. The molecule has 0 aromatic heterocycles. The smallest absolute Gasteiger partial charge is 0.386 e. The summed E-state index contributed by atoms with van der Waals surface area (Å²) >= 11 is 0.811. The Bertz CT molecular complexity index is 173. The highest BCUT2D eigenvalue weighted by atomic mass is 33.1. The second-order valence-electron chi connectivity index (χ2n) is 1.26. The molecule has 0 rings (SSSR count). The molecule has 0 radical (unpaired) electrons. The van der Waals surface area contributed by atoms with Crippen LogP contribution in [0, 0.1) is 0 Å². The molecule has 0 bridgehead atoms. The maximum atomic E-state index is 11.2. The zero-order valence-corrected chi connectivity index (χ0v) is 8.37. The van der Waals surface area contributed by atoms with E-state index in [0.717, 1.165) is 0 Å². The second-order valence-corrected chi connectivity index (χ2v) is 8.28. The van der Waals surface area contributed by atoms with E-state index >= 15 is 0 Å². The predicted octanol–water partition coefficient (Wildman–Crippen LogP) is 2.45. The Hall–Kier alpha value is 0.320. The van der Waals surface area contributed by atoms with Crippen molar-refractivity contribution in [2.45, 2.75) is 0 Å². The SMILES string of the molecule is COSP(=O)(SOC)C(=O)O. The van der Waals surface area contributed by atoms with Gasteiger partial charge in [-0.15, -0.1) is 0 Å². The molecule has 8 heteroatoms. The van der Waals surface area contributed by atoms with E-state index in [9.17, 15) is 9.36 Å². The summed E-state index contributed by atoms with van der Waals surface area (Å²) in [4.78, 5) is 10.3. The van der Waals surface area contributed by atoms with E-state index in [1.165, 1.54) is 14.2 Å². The van der Waals surface area contributed by atoms with Crippen LogP contribution < -0.4 is 0 Å². The van der Waals surface area contributed by atoms with E-state index in [-0.39, 0.29) is 0 Å². The normalized spacial score (nSPS) is 11.5. The number of hydrogen-bond acceptors (Lipinski definition) is 6. The van der Waals surface area contributed by atoms with Gasteiger partial charge in [0.15, 0.2) is 0 Å². The zero-order chi connectivity index (χ0) is 8.91. The van der Waals surface area contributed by atoms with Crippen molar-refractivity contribution in [3.63, 3.8) is 0 Å². The minimum atomic E-state index is -3.49. The van der Waals surface area contributed by atoms with Crippen molar-refractivity contribution in [2.24, 2.45) is 0 Å². The molecule has 1 N–H and O–H groups in total. The molecular formula is C3H7O5PS2. The van der Waals surface area contributed by atoms with Gasteiger partial charge < -0.3 is 13.5 Å². The topological polar surface area (TPSA) is 72.8 Å². The largest absolute Gasteiger partial charge is 0.474 e. The van der Waals surface area contributed by atoms with Crippen molar-refractivity contribution in [1.82, 2.24) is 0 Å². The summed E-state index contributed by atoms with van der Waals surface area (Å²) in [6.45, 7) is 0. The summed E-state index contributed by atoms with van der Waals surface area (Å²) < 4.78 is 20.0. The lowest BCUT2D eigenvalue weighted by molar-refractivity contribution is 0.220. The number of carboxylic acid groups (broad SMARTS) is 1. The van der Waals surface area contributed by atoms with Crippen LogP contribution in [0.3, 0.4) is 0 Å². The van der Waals surface area contributed by atoms with Crippen LogP contribution in [0.4, 0.5) is 4.79 Å². The molecule has 0 aromatic rings. The van der Waals surface area contributed by atoms with Crippen LogP contribution in [0.25, 0.3) is 0 Å². The van der Waals surface area contributed by atoms with Gasteiger partial charge in [-0.3, -0.25) is 4.57 Å². The third-order valence-corrected chi connectivity index (χ3v) is 5.84. The van der Waals surface area contributed by atoms with Gasteiger partial charge in [0.25, 0.3) is 0 Å². The minimum Gasteiger partial charge on any atom is -0.474 e. The van der Waals surface area contributed by atoms with Crippen molar-refractivity contribution < 1.29 is 22.8 Å². The van der Waals surface area contributed by atoms with Crippen molar-refractivity contribution in [3.05, 3.63) is 0 Å². The van der Waals surface area contributed by atoms with Crippen LogP contribution in [-0.2, 0) is 12.9 Å². The Morgan fingerprint density at radius 1 is 1.36 bits per heavy atom. The van der Waals surface area contributed by atoms with Gasteiger partial charge in [0.2, 0.25) is 0 Å². The van der Waals surface area contributed by atoms with Crippen LogP contribution in [-0.4, -0.2) is 25.0 Å². The maximum Gasteiger partial charge on any atom is 0.386 e. The molecule has 0 aromatic carbocycles. The second kappa shape index (κ2) is 5.05. The van der Waals surface area contributed by atoms with Gasteiger partial charge in [0, 0.05) is 0 Å². The van der Waals surface area contributed by atoms with Crippen LogP contribution in [0.5, 0.6) is 0 Å². The van der Waals surface area contributed by atoms with E-state index in [4.69, 9.17) is 5.11 Å². The van der Waals surface area contributed by atoms with Crippen molar-refractivity contribution in [1.29, 1.82) is 0 Å². The predicted molar refractivity (Wildman–Crippen MR) is 44.8 cm³/mol. The Kier molecular flexibility index (Phi) is 5.20. The summed E-state index contributed by atoms with van der Waals surface area (Å²) in [6, 6.07) is 0. The molecule has 5 nitrogen and oxygen atoms in total. The third-order valence-electron chi connectivity index (χ3n) is 0.580. The molecule has 0 amide bonds. The van der Waals surface area contributed by atoms with Crippen LogP contribution in [0.15, 0.2) is 0 Å². The maximum absolute atomic E-state index is 11.2. The fourth-order valence-corrected chi connectivity index (χ4v) is 3.77. The number of hydrogen-bond donors (Lipinski definition) is 1. The van der Waals surface area contributed by atoms with E-state index < -0.39 is 11.3 Å². The number of carbonyl (C=O) groups is 1. The Morgan fingerprint density at radius 3 is 1.91 bits per heavy atom. The minimum absolute atomic E-state index is 0.405.